The molecule has 0 saturated heterocycles. The third-order valence-electron chi connectivity index (χ3n) is 3.18. The van der Waals surface area contributed by atoms with Crippen LogP contribution in [-0.2, 0) is 0 Å². The average molecular weight is 316 g/mol. The van der Waals surface area contributed by atoms with Crippen LogP contribution in [0.4, 0.5) is 5.69 Å². The third kappa shape index (κ3) is 4.09. The van der Waals surface area contributed by atoms with Crippen molar-refractivity contribution in [1.29, 1.82) is 0 Å². The lowest BCUT2D eigenvalue weighted by molar-refractivity contribution is 0.0955. The van der Waals surface area contributed by atoms with Crippen LogP contribution in [0.15, 0.2) is 47.6 Å². The number of anilines is 1. The maximum Gasteiger partial charge on any atom is 0.271 e. The summed E-state index contributed by atoms with van der Waals surface area (Å²) in [5, 5.41) is 4.54. The Labute approximate surface area is 135 Å². The SMILES string of the molecule is Cc1ccc(C(=O)NN=Cc2ccc(N(C)C)cc2Cl)cc1. The van der Waals surface area contributed by atoms with Crippen LogP contribution in [0.25, 0.3) is 0 Å². The lowest BCUT2D eigenvalue weighted by atomic mass is 10.1. The minimum Gasteiger partial charge on any atom is -0.378 e. The summed E-state index contributed by atoms with van der Waals surface area (Å²) in [7, 11) is 3.89. The molecule has 2 aromatic rings. The minimum atomic E-state index is -0.253. The number of carbonyl (C=O) groups is 1. The Morgan fingerprint density at radius 1 is 1.18 bits per heavy atom. The van der Waals surface area contributed by atoms with Crippen LogP contribution < -0.4 is 10.3 Å². The van der Waals surface area contributed by atoms with Crippen molar-refractivity contribution in [3.8, 4) is 0 Å². The molecule has 1 amide bonds. The summed E-state index contributed by atoms with van der Waals surface area (Å²) in [4.78, 5) is 13.9. The predicted octanol–water partition coefficient (Wildman–Crippen LogP) is 3.48. The molecule has 0 radical (unpaired) electrons. The van der Waals surface area contributed by atoms with Crippen LogP contribution in [-0.4, -0.2) is 26.2 Å². The van der Waals surface area contributed by atoms with Crippen molar-refractivity contribution < 1.29 is 4.79 Å². The summed E-state index contributed by atoms with van der Waals surface area (Å²) in [5.74, 6) is -0.253. The van der Waals surface area contributed by atoms with Gasteiger partial charge in [0.15, 0.2) is 0 Å². The first-order valence-electron chi connectivity index (χ1n) is 6.84. The predicted molar refractivity (Wildman–Crippen MR) is 92.0 cm³/mol. The first-order valence-corrected chi connectivity index (χ1v) is 7.22. The Kier molecular flexibility index (Phi) is 5.17. The molecular weight excluding hydrogens is 298 g/mol. The number of rotatable bonds is 4. The van der Waals surface area contributed by atoms with Gasteiger partial charge in [-0.05, 0) is 37.3 Å². The van der Waals surface area contributed by atoms with E-state index in [4.69, 9.17) is 11.6 Å². The highest BCUT2D eigenvalue weighted by atomic mass is 35.5. The van der Waals surface area contributed by atoms with Crippen molar-refractivity contribution in [2.45, 2.75) is 6.92 Å². The quantitative estimate of drug-likeness (QED) is 0.693. The molecule has 5 heteroatoms. The number of hydrogen-bond donors (Lipinski definition) is 1. The Balaban J connectivity index is 2.03. The molecule has 0 aromatic heterocycles. The minimum absolute atomic E-state index is 0.253. The molecule has 4 nitrogen and oxygen atoms in total. The van der Waals surface area contributed by atoms with Gasteiger partial charge in [0.1, 0.15) is 0 Å². The molecule has 0 bridgehead atoms. The van der Waals surface area contributed by atoms with Crippen LogP contribution in [0, 0.1) is 6.92 Å². The Hall–Kier alpha value is -2.33. The van der Waals surface area contributed by atoms with Crippen molar-refractivity contribution in [3.05, 3.63) is 64.2 Å². The lowest BCUT2D eigenvalue weighted by Gasteiger charge is -2.13. The topological polar surface area (TPSA) is 44.7 Å². The second-order valence-electron chi connectivity index (χ2n) is 5.17. The van der Waals surface area contributed by atoms with E-state index in [1.54, 1.807) is 12.1 Å². The highest BCUT2D eigenvalue weighted by Crippen LogP contribution is 2.21. The first kappa shape index (κ1) is 16.0. The zero-order valence-corrected chi connectivity index (χ0v) is 13.6. The number of benzene rings is 2. The van der Waals surface area contributed by atoms with E-state index in [9.17, 15) is 4.79 Å². The molecule has 0 unspecified atom stereocenters. The normalized spacial score (nSPS) is 10.7. The van der Waals surface area contributed by atoms with Crippen molar-refractivity contribution in [2.24, 2.45) is 5.10 Å². The van der Waals surface area contributed by atoms with Crippen molar-refractivity contribution >= 4 is 29.4 Å². The number of amides is 1. The van der Waals surface area contributed by atoms with E-state index in [0.717, 1.165) is 16.8 Å². The van der Waals surface area contributed by atoms with E-state index in [1.807, 2.05) is 56.3 Å². The molecule has 0 saturated carbocycles. The summed E-state index contributed by atoms with van der Waals surface area (Å²) in [6.45, 7) is 1.97. The van der Waals surface area contributed by atoms with E-state index < -0.39 is 0 Å². The van der Waals surface area contributed by atoms with Gasteiger partial charge in [-0.2, -0.15) is 5.10 Å². The smallest absolute Gasteiger partial charge is 0.271 e. The van der Waals surface area contributed by atoms with E-state index in [1.165, 1.54) is 6.21 Å². The summed E-state index contributed by atoms with van der Waals surface area (Å²) in [5.41, 5.74) is 5.92. The van der Waals surface area contributed by atoms with Crippen LogP contribution in [0.2, 0.25) is 5.02 Å². The number of nitrogens with zero attached hydrogens (tertiary/aromatic N) is 2. The van der Waals surface area contributed by atoms with Crippen molar-refractivity contribution in [3.63, 3.8) is 0 Å². The van der Waals surface area contributed by atoms with Crippen molar-refractivity contribution in [2.75, 3.05) is 19.0 Å². The third-order valence-corrected chi connectivity index (χ3v) is 3.51. The molecule has 0 atom stereocenters. The number of carbonyl (C=O) groups excluding carboxylic acids is 1. The fraction of sp³-hybridized carbons (Fsp3) is 0.176. The molecule has 0 aliphatic heterocycles. The molecule has 1 N–H and O–H groups in total. The van der Waals surface area contributed by atoms with E-state index in [-0.39, 0.29) is 5.91 Å². The van der Waals surface area contributed by atoms with Gasteiger partial charge in [-0.1, -0.05) is 29.3 Å². The van der Waals surface area contributed by atoms with Gasteiger partial charge in [0.25, 0.3) is 5.91 Å². The van der Waals surface area contributed by atoms with Gasteiger partial charge in [-0.3, -0.25) is 4.79 Å². The molecule has 2 rings (SSSR count). The van der Waals surface area contributed by atoms with Gasteiger partial charge < -0.3 is 4.90 Å². The van der Waals surface area contributed by atoms with E-state index in [0.29, 0.717) is 10.6 Å². The molecule has 0 aliphatic rings. The summed E-state index contributed by atoms with van der Waals surface area (Å²) < 4.78 is 0. The number of hydrogen-bond acceptors (Lipinski definition) is 3. The van der Waals surface area contributed by atoms with Gasteiger partial charge in [-0.25, -0.2) is 5.43 Å². The average Bonchev–Trinajstić information content (AvgIpc) is 2.49. The molecule has 0 aliphatic carbocycles. The van der Waals surface area contributed by atoms with Gasteiger partial charge in [0.2, 0.25) is 0 Å². The fourth-order valence-corrected chi connectivity index (χ4v) is 2.05. The van der Waals surface area contributed by atoms with E-state index in [2.05, 4.69) is 10.5 Å². The van der Waals surface area contributed by atoms with Gasteiger partial charge >= 0.3 is 0 Å². The fourth-order valence-electron chi connectivity index (χ4n) is 1.83. The van der Waals surface area contributed by atoms with Crippen LogP contribution in [0.1, 0.15) is 21.5 Å². The molecule has 114 valence electrons. The monoisotopic (exact) mass is 315 g/mol. The lowest BCUT2D eigenvalue weighted by Crippen LogP contribution is -2.17. The molecule has 22 heavy (non-hydrogen) atoms. The van der Waals surface area contributed by atoms with Gasteiger partial charge in [0.05, 0.1) is 11.2 Å². The highest BCUT2D eigenvalue weighted by molar-refractivity contribution is 6.33. The number of aryl methyl sites for hydroxylation is 1. The second kappa shape index (κ2) is 7.09. The standard InChI is InChI=1S/C17H18ClN3O/c1-12-4-6-13(7-5-12)17(22)20-19-11-14-8-9-15(21(2)3)10-16(14)18/h4-11H,1-3H3,(H,20,22). The van der Waals surface area contributed by atoms with Crippen LogP contribution in [0.3, 0.4) is 0 Å². The van der Waals surface area contributed by atoms with Gasteiger partial charge in [0, 0.05) is 30.9 Å². The Morgan fingerprint density at radius 2 is 1.86 bits per heavy atom. The zero-order chi connectivity index (χ0) is 16.1. The number of hydrazone groups is 1. The Morgan fingerprint density at radius 3 is 2.45 bits per heavy atom. The maximum atomic E-state index is 11.9. The summed E-state index contributed by atoms with van der Waals surface area (Å²) in [6.07, 6.45) is 1.54. The van der Waals surface area contributed by atoms with Gasteiger partial charge in [-0.15, -0.1) is 0 Å². The van der Waals surface area contributed by atoms with Crippen molar-refractivity contribution in [1.82, 2.24) is 5.43 Å². The molecule has 0 heterocycles. The van der Waals surface area contributed by atoms with E-state index >= 15 is 0 Å². The number of nitrogens with one attached hydrogen (secondary N) is 1. The molecule has 0 fully saturated rings. The first-order chi connectivity index (χ1) is 10.5. The molecule has 0 spiro atoms. The molecule has 2 aromatic carbocycles. The van der Waals surface area contributed by atoms with Crippen LogP contribution in [0.5, 0.6) is 0 Å². The number of halogens is 1. The summed E-state index contributed by atoms with van der Waals surface area (Å²) in [6, 6.07) is 12.9. The second-order valence-corrected chi connectivity index (χ2v) is 5.57. The maximum absolute atomic E-state index is 11.9. The van der Waals surface area contributed by atoms with Crippen LogP contribution >= 0.6 is 11.6 Å². The highest BCUT2D eigenvalue weighted by Gasteiger charge is 2.04. The Bertz CT molecular complexity index is 694. The summed E-state index contributed by atoms with van der Waals surface area (Å²) >= 11 is 6.19. The zero-order valence-electron chi connectivity index (χ0n) is 12.8. The largest absolute Gasteiger partial charge is 0.378 e. The molecular formula is C17H18ClN3O.